The third-order valence-corrected chi connectivity index (χ3v) is 9.10. The molecular formula is C36H33ClIN5S. The van der Waals surface area contributed by atoms with E-state index in [0.717, 1.165) is 56.7 Å². The van der Waals surface area contributed by atoms with Crippen LogP contribution in [0, 0.1) is 3.57 Å². The third kappa shape index (κ3) is 7.12. The maximum absolute atomic E-state index is 6.69. The van der Waals surface area contributed by atoms with Crippen molar-refractivity contribution in [2.75, 3.05) is 5.43 Å². The van der Waals surface area contributed by atoms with Crippen LogP contribution in [0.4, 0.5) is 5.13 Å². The molecular weight excluding hydrogens is 697 g/mol. The van der Waals surface area contributed by atoms with Gasteiger partial charge in [-0.15, -0.1) is 11.3 Å². The normalized spacial score (nSPS) is 10.9. The van der Waals surface area contributed by atoms with Gasteiger partial charge in [0, 0.05) is 43.2 Å². The fraction of sp³-hybridized carbons (Fsp3) is 0.139. The number of hydrogen-bond donors (Lipinski definition) is 1. The van der Waals surface area contributed by atoms with Crippen molar-refractivity contribution in [2.45, 2.75) is 32.2 Å². The second kappa shape index (κ2) is 15.3. The summed E-state index contributed by atoms with van der Waals surface area (Å²) in [5, 5.41) is 7.99. The molecule has 8 heteroatoms. The Morgan fingerprint density at radius 2 is 1.48 bits per heavy atom. The minimum atomic E-state index is -0.586. The molecule has 6 rings (SSSR count). The van der Waals surface area contributed by atoms with E-state index in [4.69, 9.17) is 11.6 Å². The smallest absolute Gasteiger partial charge is 0.203 e. The summed E-state index contributed by atoms with van der Waals surface area (Å²) >= 11 is 10.6. The predicted molar refractivity (Wildman–Crippen MR) is 194 cm³/mol. The second-order valence-corrected chi connectivity index (χ2v) is 12.4. The summed E-state index contributed by atoms with van der Waals surface area (Å²) in [6, 6.07) is 37.2. The molecule has 6 aromatic rings. The summed E-state index contributed by atoms with van der Waals surface area (Å²) in [6.07, 6.45) is 7.59. The predicted octanol–water partition coefficient (Wildman–Crippen LogP) is 10.4. The van der Waals surface area contributed by atoms with Gasteiger partial charge in [0.15, 0.2) is 0 Å². The second-order valence-electron chi connectivity index (χ2n) is 9.93. The van der Waals surface area contributed by atoms with Gasteiger partial charge in [-0.2, -0.15) is 5.10 Å². The Morgan fingerprint density at radius 3 is 2.05 bits per heavy atom. The van der Waals surface area contributed by atoms with Crippen LogP contribution >= 0.6 is 45.5 Å². The van der Waals surface area contributed by atoms with Crippen molar-refractivity contribution in [1.29, 1.82) is 0 Å². The molecule has 0 amide bonds. The number of benzene rings is 4. The fourth-order valence-corrected chi connectivity index (χ4v) is 6.39. The van der Waals surface area contributed by atoms with Crippen LogP contribution < -0.4 is 5.43 Å². The number of nitrogens with one attached hydrogen (secondary N) is 1. The number of hydrogen-bond acceptors (Lipinski definition) is 5. The summed E-state index contributed by atoms with van der Waals surface area (Å²) in [7, 11) is 0. The zero-order valence-corrected chi connectivity index (χ0v) is 28.3. The number of hydrazone groups is 1. The molecule has 222 valence electrons. The molecule has 0 fully saturated rings. The number of imidazole rings is 1. The van der Waals surface area contributed by atoms with Crippen molar-refractivity contribution in [3.05, 3.63) is 159 Å². The first kappa shape index (κ1) is 31.6. The lowest BCUT2D eigenvalue weighted by molar-refractivity contribution is 0.515. The summed E-state index contributed by atoms with van der Waals surface area (Å²) in [6.45, 7) is 4.23. The van der Waals surface area contributed by atoms with Gasteiger partial charge in [0.1, 0.15) is 5.54 Å². The first-order valence-electron chi connectivity index (χ1n) is 14.4. The third-order valence-electron chi connectivity index (χ3n) is 7.31. The maximum Gasteiger partial charge on any atom is 0.203 e. The number of anilines is 1. The Hall–Kier alpha value is -3.79. The molecule has 0 aliphatic rings. The lowest BCUT2D eigenvalue weighted by Crippen LogP contribution is -2.37. The average molecular weight is 730 g/mol. The van der Waals surface area contributed by atoms with Crippen LogP contribution in [0.5, 0.6) is 0 Å². The van der Waals surface area contributed by atoms with E-state index in [2.05, 4.69) is 146 Å². The molecule has 2 aromatic heterocycles. The highest BCUT2D eigenvalue weighted by Crippen LogP contribution is 2.43. The van der Waals surface area contributed by atoms with Gasteiger partial charge >= 0.3 is 0 Å². The molecule has 1 N–H and O–H groups in total. The van der Waals surface area contributed by atoms with Gasteiger partial charge in [-0.25, -0.2) is 9.97 Å². The lowest BCUT2D eigenvalue weighted by Gasteiger charge is -2.37. The molecule has 0 saturated heterocycles. The number of rotatable bonds is 9. The first-order valence-corrected chi connectivity index (χ1v) is 16.8. The van der Waals surface area contributed by atoms with Gasteiger partial charge in [0.25, 0.3) is 0 Å². The molecule has 0 spiro atoms. The van der Waals surface area contributed by atoms with E-state index in [1.54, 1.807) is 17.5 Å². The molecule has 0 aliphatic heterocycles. The zero-order chi connectivity index (χ0) is 30.8. The summed E-state index contributed by atoms with van der Waals surface area (Å²) in [5.74, 6) is 0. The van der Waals surface area contributed by atoms with E-state index in [1.165, 1.54) is 3.57 Å². The largest absolute Gasteiger partial charge is 0.319 e. The molecule has 0 atom stereocenters. The van der Waals surface area contributed by atoms with E-state index >= 15 is 0 Å². The van der Waals surface area contributed by atoms with Crippen molar-refractivity contribution in [3.63, 3.8) is 0 Å². The summed E-state index contributed by atoms with van der Waals surface area (Å²) in [4.78, 5) is 8.86. The van der Waals surface area contributed by atoms with Crippen molar-refractivity contribution < 1.29 is 0 Å². The highest BCUT2D eigenvalue weighted by Gasteiger charge is 2.39. The SMILES string of the molecule is CCC(CC)=NNc1nc(-c2ccc(I)cc2)cs1.Clc1ccccc1C(c1ccccc1)(c1ccccc1)n1ccnc1. The topological polar surface area (TPSA) is 55.1 Å². The van der Waals surface area contributed by atoms with Crippen LogP contribution in [0.3, 0.4) is 0 Å². The fourth-order valence-electron chi connectivity index (χ4n) is 5.10. The molecule has 44 heavy (non-hydrogen) atoms. The Kier molecular flexibility index (Phi) is 11.0. The van der Waals surface area contributed by atoms with Crippen LogP contribution in [0.15, 0.2) is 138 Å². The number of aromatic nitrogens is 3. The van der Waals surface area contributed by atoms with Gasteiger partial charge in [-0.3, -0.25) is 5.43 Å². The first-order chi connectivity index (χ1) is 21.6. The molecule has 0 unspecified atom stereocenters. The lowest BCUT2D eigenvalue weighted by atomic mass is 9.76. The van der Waals surface area contributed by atoms with E-state index < -0.39 is 5.54 Å². The van der Waals surface area contributed by atoms with E-state index in [0.29, 0.717) is 0 Å². The van der Waals surface area contributed by atoms with Crippen molar-refractivity contribution >= 4 is 56.4 Å². The Morgan fingerprint density at radius 1 is 0.864 bits per heavy atom. The zero-order valence-electron chi connectivity index (χ0n) is 24.6. The monoisotopic (exact) mass is 729 g/mol. The van der Waals surface area contributed by atoms with Gasteiger partial charge in [0.05, 0.1) is 12.0 Å². The molecule has 0 aliphatic carbocycles. The minimum absolute atomic E-state index is 0.586. The van der Waals surface area contributed by atoms with Gasteiger partial charge in [0.2, 0.25) is 5.13 Å². The van der Waals surface area contributed by atoms with Crippen LogP contribution in [0.2, 0.25) is 5.02 Å². The highest BCUT2D eigenvalue weighted by molar-refractivity contribution is 14.1. The summed E-state index contributed by atoms with van der Waals surface area (Å²) < 4.78 is 3.36. The Labute approximate surface area is 281 Å². The van der Waals surface area contributed by atoms with Crippen molar-refractivity contribution in [1.82, 2.24) is 14.5 Å². The number of halogens is 2. The maximum atomic E-state index is 6.69. The van der Waals surface area contributed by atoms with Crippen LogP contribution in [0.25, 0.3) is 11.3 Å². The van der Waals surface area contributed by atoms with Crippen LogP contribution in [-0.4, -0.2) is 20.2 Å². The molecule has 0 radical (unpaired) electrons. The molecule has 2 heterocycles. The van der Waals surface area contributed by atoms with E-state index in [-0.39, 0.29) is 0 Å². The molecule has 0 bridgehead atoms. The van der Waals surface area contributed by atoms with E-state index in [9.17, 15) is 0 Å². The van der Waals surface area contributed by atoms with E-state index in [1.807, 2.05) is 42.9 Å². The van der Waals surface area contributed by atoms with Crippen molar-refractivity contribution in [2.24, 2.45) is 5.10 Å². The number of nitrogens with zero attached hydrogens (tertiary/aromatic N) is 4. The van der Waals surface area contributed by atoms with Gasteiger partial charge in [-0.1, -0.05) is 116 Å². The standard InChI is InChI=1S/C22H17ClN2.C14H16IN3S/c23-21-14-8-7-13-20(21)22(25-16-15-24-17-25,18-9-3-1-4-10-18)19-11-5-2-6-12-19;1-3-12(4-2)17-18-14-16-13(9-19-14)10-5-7-11(15)8-6-10/h1-17H;5-9H,3-4H2,1-2H3,(H,16,18). The molecule has 0 saturated carbocycles. The Balaban J connectivity index is 0.000000182. The minimum Gasteiger partial charge on any atom is -0.319 e. The quantitative estimate of drug-likeness (QED) is 0.0698. The summed E-state index contributed by atoms with van der Waals surface area (Å²) in [5.41, 5.74) is 9.03. The van der Waals surface area contributed by atoms with Crippen molar-refractivity contribution in [3.8, 4) is 11.3 Å². The van der Waals surface area contributed by atoms with Crippen LogP contribution in [-0.2, 0) is 5.54 Å². The van der Waals surface area contributed by atoms with Gasteiger partial charge in [-0.05, 0) is 64.8 Å². The van der Waals surface area contributed by atoms with Gasteiger partial charge < -0.3 is 4.57 Å². The molecule has 5 nitrogen and oxygen atoms in total. The Bertz CT molecular complexity index is 1720. The molecule has 4 aromatic carbocycles. The van der Waals surface area contributed by atoms with Crippen LogP contribution in [0.1, 0.15) is 43.4 Å². The number of thiazole rings is 1. The average Bonchev–Trinajstić information content (AvgIpc) is 3.78. The highest BCUT2D eigenvalue weighted by atomic mass is 127.